The van der Waals surface area contributed by atoms with Gasteiger partial charge in [0.2, 0.25) is 0 Å². The molecular weight excluding hydrogens is 308 g/mol. The van der Waals surface area contributed by atoms with Crippen molar-refractivity contribution in [3.63, 3.8) is 0 Å². The maximum absolute atomic E-state index is 12.2. The van der Waals surface area contributed by atoms with Crippen molar-refractivity contribution in [2.45, 2.75) is 13.5 Å². The third-order valence-electron chi connectivity index (χ3n) is 3.56. The molecule has 0 amide bonds. The Hall–Kier alpha value is -3.08. The first kappa shape index (κ1) is 15.8. The number of furan rings is 1. The van der Waals surface area contributed by atoms with E-state index in [4.69, 9.17) is 13.9 Å². The molecule has 0 spiro atoms. The van der Waals surface area contributed by atoms with Crippen molar-refractivity contribution in [1.82, 2.24) is 0 Å². The molecule has 1 heterocycles. The Balaban J connectivity index is 1.71. The third-order valence-corrected chi connectivity index (χ3v) is 3.56. The molecule has 0 bridgehead atoms. The highest BCUT2D eigenvalue weighted by Crippen LogP contribution is 2.18. The number of esters is 2. The van der Waals surface area contributed by atoms with Gasteiger partial charge in [-0.2, -0.15) is 0 Å². The Bertz CT molecular complexity index is 878. The summed E-state index contributed by atoms with van der Waals surface area (Å²) in [5.74, 6) is -0.711. The van der Waals surface area contributed by atoms with Crippen LogP contribution in [0.25, 0.3) is 10.8 Å². The van der Waals surface area contributed by atoms with E-state index < -0.39 is 11.9 Å². The van der Waals surface area contributed by atoms with E-state index >= 15 is 0 Å². The standard InChI is InChI=1S/C19H16O5/c1-2-22-19(21)16-9-10-23-17(16)12-24-18(20)15-8-7-13-5-3-4-6-14(13)11-15/h3-11H,2,12H2,1H3. The lowest BCUT2D eigenvalue weighted by molar-refractivity contribution is 0.0423. The van der Waals surface area contributed by atoms with E-state index in [-0.39, 0.29) is 24.5 Å². The molecule has 122 valence electrons. The van der Waals surface area contributed by atoms with Gasteiger partial charge in [0.1, 0.15) is 5.56 Å². The van der Waals surface area contributed by atoms with E-state index in [0.717, 1.165) is 10.8 Å². The molecule has 0 saturated carbocycles. The summed E-state index contributed by atoms with van der Waals surface area (Å²) in [5, 5.41) is 2.00. The zero-order valence-corrected chi connectivity index (χ0v) is 13.2. The van der Waals surface area contributed by atoms with Crippen LogP contribution in [-0.4, -0.2) is 18.5 Å². The summed E-state index contributed by atoms with van der Waals surface area (Å²) < 4.78 is 15.4. The van der Waals surface area contributed by atoms with Crippen LogP contribution < -0.4 is 0 Å². The summed E-state index contributed by atoms with van der Waals surface area (Å²) in [6.45, 7) is 1.85. The lowest BCUT2D eigenvalue weighted by Crippen LogP contribution is -2.09. The van der Waals surface area contributed by atoms with Crippen LogP contribution in [0.1, 0.15) is 33.4 Å². The molecule has 0 aliphatic carbocycles. The van der Waals surface area contributed by atoms with Gasteiger partial charge in [0.05, 0.1) is 18.4 Å². The molecule has 5 heteroatoms. The van der Waals surface area contributed by atoms with Crippen molar-refractivity contribution < 1.29 is 23.5 Å². The van der Waals surface area contributed by atoms with Gasteiger partial charge in [0.25, 0.3) is 0 Å². The van der Waals surface area contributed by atoms with Crippen LogP contribution in [-0.2, 0) is 16.1 Å². The van der Waals surface area contributed by atoms with Crippen LogP contribution in [0.3, 0.4) is 0 Å². The van der Waals surface area contributed by atoms with Crippen molar-refractivity contribution in [3.8, 4) is 0 Å². The Morgan fingerprint density at radius 3 is 2.54 bits per heavy atom. The fraction of sp³-hybridized carbons (Fsp3) is 0.158. The summed E-state index contributed by atoms with van der Waals surface area (Å²) in [4.78, 5) is 24.0. The molecule has 0 fully saturated rings. The Kier molecular flexibility index (Phi) is 4.61. The number of rotatable bonds is 5. The minimum Gasteiger partial charge on any atom is -0.465 e. The van der Waals surface area contributed by atoms with Crippen LogP contribution in [0.2, 0.25) is 0 Å². The number of benzene rings is 2. The maximum atomic E-state index is 12.2. The normalized spacial score (nSPS) is 10.5. The molecule has 0 unspecified atom stereocenters. The first-order valence-corrected chi connectivity index (χ1v) is 7.58. The molecule has 3 aromatic rings. The second-order valence-corrected chi connectivity index (χ2v) is 5.12. The highest BCUT2D eigenvalue weighted by molar-refractivity contribution is 5.95. The highest BCUT2D eigenvalue weighted by Gasteiger charge is 2.17. The zero-order valence-electron chi connectivity index (χ0n) is 13.2. The number of carbonyl (C=O) groups excluding carboxylic acids is 2. The third kappa shape index (κ3) is 3.30. The molecule has 3 rings (SSSR count). The van der Waals surface area contributed by atoms with Crippen LogP contribution in [0.15, 0.2) is 59.2 Å². The second kappa shape index (κ2) is 7.00. The van der Waals surface area contributed by atoms with Crippen molar-refractivity contribution >= 4 is 22.7 Å². The van der Waals surface area contributed by atoms with E-state index in [1.807, 2.05) is 30.3 Å². The van der Waals surface area contributed by atoms with Crippen molar-refractivity contribution in [2.75, 3.05) is 6.61 Å². The van der Waals surface area contributed by atoms with E-state index in [1.54, 1.807) is 19.1 Å². The Labute approximate surface area is 138 Å². The molecule has 0 N–H and O–H groups in total. The van der Waals surface area contributed by atoms with Crippen molar-refractivity contribution in [2.24, 2.45) is 0 Å². The van der Waals surface area contributed by atoms with Gasteiger partial charge in [-0.1, -0.05) is 30.3 Å². The number of ether oxygens (including phenoxy) is 2. The summed E-state index contributed by atoms with van der Waals surface area (Å²) in [5.41, 5.74) is 0.709. The van der Waals surface area contributed by atoms with Crippen LogP contribution in [0.4, 0.5) is 0 Å². The topological polar surface area (TPSA) is 65.7 Å². The average Bonchev–Trinajstić information content (AvgIpc) is 3.08. The largest absolute Gasteiger partial charge is 0.465 e. The first-order chi connectivity index (χ1) is 11.7. The van der Waals surface area contributed by atoms with E-state index in [0.29, 0.717) is 5.56 Å². The van der Waals surface area contributed by atoms with Crippen LogP contribution >= 0.6 is 0 Å². The van der Waals surface area contributed by atoms with Crippen LogP contribution in [0, 0.1) is 0 Å². The molecular formula is C19H16O5. The van der Waals surface area contributed by atoms with Gasteiger partial charge >= 0.3 is 11.9 Å². The van der Waals surface area contributed by atoms with Crippen molar-refractivity contribution in [3.05, 3.63) is 71.7 Å². The molecule has 0 radical (unpaired) electrons. The molecule has 1 aromatic heterocycles. The van der Waals surface area contributed by atoms with Crippen LogP contribution in [0.5, 0.6) is 0 Å². The van der Waals surface area contributed by atoms with E-state index in [9.17, 15) is 9.59 Å². The molecule has 2 aromatic carbocycles. The number of fused-ring (bicyclic) bond motifs is 1. The monoisotopic (exact) mass is 324 g/mol. The average molecular weight is 324 g/mol. The summed E-state index contributed by atoms with van der Waals surface area (Å²) in [6.07, 6.45) is 1.37. The number of carbonyl (C=O) groups is 2. The second-order valence-electron chi connectivity index (χ2n) is 5.12. The fourth-order valence-corrected chi connectivity index (χ4v) is 2.37. The fourth-order valence-electron chi connectivity index (χ4n) is 2.37. The summed E-state index contributed by atoms with van der Waals surface area (Å²) in [7, 11) is 0. The predicted octanol–water partition coefficient (Wildman–Crippen LogP) is 3.97. The number of hydrogen-bond donors (Lipinski definition) is 0. The van der Waals surface area contributed by atoms with Gasteiger partial charge in [-0.25, -0.2) is 9.59 Å². The minimum atomic E-state index is -0.497. The molecule has 0 aliphatic heterocycles. The van der Waals surface area contributed by atoms with Gasteiger partial charge in [-0.15, -0.1) is 0 Å². The molecule has 24 heavy (non-hydrogen) atoms. The first-order valence-electron chi connectivity index (χ1n) is 7.58. The molecule has 0 atom stereocenters. The predicted molar refractivity (Wildman–Crippen MR) is 87.7 cm³/mol. The quantitative estimate of drug-likeness (QED) is 0.664. The van der Waals surface area contributed by atoms with Crippen molar-refractivity contribution in [1.29, 1.82) is 0 Å². The minimum absolute atomic E-state index is 0.132. The number of hydrogen-bond acceptors (Lipinski definition) is 5. The molecule has 0 saturated heterocycles. The van der Waals surface area contributed by atoms with Gasteiger partial charge in [-0.05, 0) is 35.9 Å². The van der Waals surface area contributed by atoms with Gasteiger partial charge in [0.15, 0.2) is 12.4 Å². The summed E-state index contributed by atoms with van der Waals surface area (Å²) in [6, 6.07) is 14.6. The smallest absolute Gasteiger partial charge is 0.341 e. The highest BCUT2D eigenvalue weighted by atomic mass is 16.5. The maximum Gasteiger partial charge on any atom is 0.341 e. The molecule has 0 aliphatic rings. The van der Waals surface area contributed by atoms with Gasteiger partial charge < -0.3 is 13.9 Å². The Morgan fingerprint density at radius 1 is 0.958 bits per heavy atom. The lowest BCUT2D eigenvalue weighted by Gasteiger charge is -2.06. The summed E-state index contributed by atoms with van der Waals surface area (Å²) >= 11 is 0. The zero-order chi connectivity index (χ0) is 16.9. The SMILES string of the molecule is CCOC(=O)c1ccoc1COC(=O)c1ccc2ccccc2c1. The molecule has 5 nitrogen and oxygen atoms in total. The lowest BCUT2D eigenvalue weighted by atomic mass is 10.1. The van der Waals surface area contributed by atoms with Gasteiger partial charge in [-0.3, -0.25) is 0 Å². The van der Waals surface area contributed by atoms with E-state index in [2.05, 4.69) is 0 Å². The van der Waals surface area contributed by atoms with Gasteiger partial charge in [0, 0.05) is 0 Å². The Morgan fingerprint density at radius 2 is 1.75 bits per heavy atom. The van der Waals surface area contributed by atoms with E-state index in [1.165, 1.54) is 12.3 Å².